The molecule has 138 valence electrons. The highest BCUT2D eigenvalue weighted by Gasteiger charge is 2.27. The molecule has 0 radical (unpaired) electrons. The molecule has 1 unspecified atom stereocenters. The van der Waals surface area contributed by atoms with Crippen LogP contribution in [0.25, 0.3) is 0 Å². The van der Waals surface area contributed by atoms with Gasteiger partial charge in [0.25, 0.3) is 0 Å². The van der Waals surface area contributed by atoms with E-state index < -0.39 is 0 Å². The summed E-state index contributed by atoms with van der Waals surface area (Å²) >= 11 is 0. The maximum Gasteiger partial charge on any atom is 0.222 e. The summed E-state index contributed by atoms with van der Waals surface area (Å²) in [6, 6.07) is 9.27. The number of amides is 1. The summed E-state index contributed by atoms with van der Waals surface area (Å²) in [6.45, 7) is 8.99. The van der Waals surface area contributed by atoms with Gasteiger partial charge in [0.05, 0.1) is 11.7 Å². The standard InChI is InChI=1S/C21H28N4O/c1-16-10-17(2)12-18(11-16)13-23-14-19-5-7-22-25(19)20(15-23)6-9-24-8-3-4-21(24)26/h5,7,10-12,20H,3-4,6,8-9,13-15H2,1-2H3. The van der Waals surface area contributed by atoms with Crippen molar-refractivity contribution in [2.75, 3.05) is 19.6 Å². The van der Waals surface area contributed by atoms with E-state index in [2.05, 4.69) is 52.8 Å². The Morgan fingerprint density at radius 3 is 2.73 bits per heavy atom. The zero-order valence-corrected chi connectivity index (χ0v) is 15.8. The van der Waals surface area contributed by atoms with E-state index in [1.54, 1.807) is 0 Å². The SMILES string of the molecule is Cc1cc(C)cc(CN2Cc3ccnn3C(CCN3CCCC3=O)C2)c1. The van der Waals surface area contributed by atoms with Crippen molar-refractivity contribution in [1.29, 1.82) is 0 Å². The van der Waals surface area contributed by atoms with Gasteiger partial charge in [-0.05, 0) is 38.3 Å². The van der Waals surface area contributed by atoms with E-state index in [1.165, 1.54) is 22.4 Å². The Morgan fingerprint density at radius 1 is 1.19 bits per heavy atom. The summed E-state index contributed by atoms with van der Waals surface area (Å²) in [5.41, 5.74) is 5.31. The Labute approximate surface area is 155 Å². The summed E-state index contributed by atoms with van der Waals surface area (Å²) in [6.07, 6.45) is 4.61. The maximum absolute atomic E-state index is 11.9. The molecule has 0 aliphatic carbocycles. The second-order valence-corrected chi connectivity index (χ2v) is 7.86. The molecule has 2 aromatic rings. The molecule has 0 saturated carbocycles. The van der Waals surface area contributed by atoms with Gasteiger partial charge in [0, 0.05) is 45.3 Å². The largest absolute Gasteiger partial charge is 0.343 e. The zero-order chi connectivity index (χ0) is 18.1. The van der Waals surface area contributed by atoms with Gasteiger partial charge < -0.3 is 4.90 Å². The van der Waals surface area contributed by atoms with Crippen LogP contribution in [-0.2, 0) is 17.9 Å². The molecule has 5 heteroatoms. The lowest BCUT2D eigenvalue weighted by Gasteiger charge is -2.34. The Kier molecular flexibility index (Phi) is 4.81. The Balaban J connectivity index is 1.46. The molecule has 4 rings (SSSR count). The summed E-state index contributed by atoms with van der Waals surface area (Å²) < 4.78 is 2.18. The van der Waals surface area contributed by atoms with E-state index in [-0.39, 0.29) is 0 Å². The molecule has 2 aliphatic heterocycles. The van der Waals surface area contributed by atoms with Crippen molar-refractivity contribution in [2.24, 2.45) is 0 Å². The Morgan fingerprint density at radius 2 is 2.00 bits per heavy atom. The number of rotatable bonds is 5. The zero-order valence-electron chi connectivity index (χ0n) is 15.8. The summed E-state index contributed by atoms with van der Waals surface area (Å²) in [7, 11) is 0. The molecule has 26 heavy (non-hydrogen) atoms. The summed E-state index contributed by atoms with van der Waals surface area (Å²) in [4.78, 5) is 16.4. The number of carbonyl (C=O) groups is 1. The highest BCUT2D eigenvalue weighted by atomic mass is 16.2. The molecule has 0 spiro atoms. The van der Waals surface area contributed by atoms with Crippen LogP contribution in [0, 0.1) is 13.8 Å². The van der Waals surface area contributed by atoms with Crippen LogP contribution >= 0.6 is 0 Å². The lowest BCUT2D eigenvalue weighted by Crippen LogP contribution is -2.39. The number of benzene rings is 1. The number of nitrogens with zero attached hydrogens (tertiary/aromatic N) is 4. The van der Waals surface area contributed by atoms with Crippen molar-refractivity contribution in [3.63, 3.8) is 0 Å². The molecular formula is C21H28N4O. The van der Waals surface area contributed by atoms with Gasteiger partial charge >= 0.3 is 0 Å². The number of carbonyl (C=O) groups excluding carboxylic acids is 1. The van der Waals surface area contributed by atoms with E-state index in [4.69, 9.17) is 0 Å². The lowest BCUT2D eigenvalue weighted by atomic mass is 10.1. The van der Waals surface area contributed by atoms with Gasteiger partial charge in [0.2, 0.25) is 5.91 Å². The van der Waals surface area contributed by atoms with Crippen molar-refractivity contribution >= 4 is 5.91 Å². The van der Waals surface area contributed by atoms with Crippen molar-refractivity contribution in [2.45, 2.75) is 52.2 Å². The quantitative estimate of drug-likeness (QED) is 0.830. The van der Waals surface area contributed by atoms with Gasteiger partial charge in [-0.1, -0.05) is 29.3 Å². The maximum atomic E-state index is 11.9. The summed E-state index contributed by atoms with van der Waals surface area (Å²) in [5, 5.41) is 4.56. The van der Waals surface area contributed by atoms with Crippen molar-refractivity contribution < 1.29 is 4.79 Å². The first-order valence-electron chi connectivity index (χ1n) is 9.68. The highest BCUT2D eigenvalue weighted by molar-refractivity contribution is 5.78. The third kappa shape index (κ3) is 3.68. The van der Waals surface area contributed by atoms with Gasteiger partial charge in [-0.25, -0.2) is 0 Å². The Bertz CT molecular complexity index is 777. The number of hydrogen-bond donors (Lipinski definition) is 0. The molecule has 3 heterocycles. The van der Waals surface area contributed by atoms with E-state index >= 15 is 0 Å². The smallest absolute Gasteiger partial charge is 0.222 e. The van der Waals surface area contributed by atoms with Gasteiger partial charge in [-0.15, -0.1) is 0 Å². The van der Waals surface area contributed by atoms with E-state index in [0.29, 0.717) is 11.9 Å². The predicted molar refractivity (Wildman–Crippen MR) is 102 cm³/mol. The fourth-order valence-electron chi connectivity index (χ4n) is 4.46. The second kappa shape index (κ2) is 7.23. The summed E-state index contributed by atoms with van der Waals surface area (Å²) in [5.74, 6) is 0.314. The van der Waals surface area contributed by atoms with Gasteiger partial charge in [-0.2, -0.15) is 5.10 Å². The van der Waals surface area contributed by atoms with Crippen LogP contribution in [0.15, 0.2) is 30.5 Å². The minimum Gasteiger partial charge on any atom is -0.343 e. The number of hydrogen-bond acceptors (Lipinski definition) is 3. The van der Waals surface area contributed by atoms with Crippen LogP contribution in [0.1, 0.15) is 47.7 Å². The highest BCUT2D eigenvalue weighted by Crippen LogP contribution is 2.25. The lowest BCUT2D eigenvalue weighted by molar-refractivity contribution is -0.127. The van der Waals surface area contributed by atoms with E-state index in [0.717, 1.165) is 52.0 Å². The molecular weight excluding hydrogens is 324 g/mol. The molecule has 0 bridgehead atoms. The van der Waals surface area contributed by atoms with Crippen LogP contribution in [-0.4, -0.2) is 45.1 Å². The van der Waals surface area contributed by atoms with Crippen molar-refractivity contribution in [3.8, 4) is 0 Å². The normalized spacial score (nSPS) is 20.6. The molecule has 1 saturated heterocycles. The van der Waals surface area contributed by atoms with Gasteiger partial charge in [0.1, 0.15) is 0 Å². The first-order chi connectivity index (χ1) is 12.6. The average molecular weight is 352 g/mol. The molecule has 1 aromatic carbocycles. The Hall–Kier alpha value is -2.14. The van der Waals surface area contributed by atoms with Crippen molar-refractivity contribution in [3.05, 3.63) is 52.8 Å². The molecule has 1 atom stereocenters. The number of fused-ring (bicyclic) bond motifs is 1. The number of likely N-dealkylation sites (tertiary alicyclic amines) is 1. The fraction of sp³-hybridized carbons (Fsp3) is 0.524. The molecule has 1 amide bonds. The third-order valence-electron chi connectivity index (χ3n) is 5.54. The minimum atomic E-state index is 0.314. The predicted octanol–water partition coefficient (Wildman–Crippen LogP) is 3.07. The van der Waals surface area contributed by atoms with Crippen LogP contribution in [0.3, 0.4) is 0 Å². The fourth-order valence-corrected chi connectivity index (χ4v) is 4.46. The van der Waals surface area contributed by atoms with Crippen LogP contribution in [0.5, 0.6) is 0 Å². The van der Waals surface area contributed by atoms with Crippen molar-refractivity contribution in [1.82, 2.24) is 19.6 Å². The van der Waals surface area contributed by atoms with Gasteiger partial charge in [0.15, 0.2) is 0 Å². The number of aryl methyl sites for hydroxylation is 2. The molecule has 2 aliphatic rings. The molecule has 0 N–H and O–H groups in total. The topological polar surface area (TPSA) is 41.4 Å². The third-order valence-corrected chi connectivity index (χ3v) is 5.54. The molecule has 1 aromatic heterocycles. The minimum absolute atomic E-state index is 0.314. The second-order valence-electron chi connectivity index (χ2n) is 7.86. The monoisotopic (exact) mass is 352 g/mol. The van der Waals surface area contributed by atoms with E-state index in [9.17, 15) is 4.79 Å². The first kappa shape index (κ1) is 17.3. The van der Waals surface area contributed by atoms with Crippen LogP contribution < -0.4 is 0 Å². The van der Waals surface area contributed by atoms with Crippen LogP contribution in [0.2, 0.25) is 0 Å². The van der Waals surface area contributed by atoms with E-state index in [1.807, 2.05) is 11.1 Å². The molecule has 1 fully saturated rings. The molecule has 5 nitrogen and oxygen atoms in total. The number of aromatic nitrogens is 2. The first-order valence-corrected chi connectivity index (χ1v) is 9.68. The van der Waals surface area contributed by atoms with Gasteiger partial charge in [-0.3, -0.25) is 14.4 Å². The van der Waals surface area contributed by atoms with Crippen LogP contribution in [0.4, 0.5) is 0 Å². The average Bonchev–Trinajstić information content (AvgIpc) is 3.20.